The molecule has 1 aromatic heterocycles. The highest BCUT2D eigenvalue weighted by molar-refractivity contribution is 6.41. The van der Waals surface area contributed by atoms with Crippen LogP contribution in [0.3, 0.4) is 0 Å². The third kappa shape index (κ3) is 1.59. The van der Waals surface area contributed by atoms with Crippen molar-refractivity contribution < 1.29 is 0 Å². The quantitative estimate of drug-likeness (QED) is 0.638. The van der Waals surface area contributed by atoms with Crippen LogP contribution < -0.4 is 0 Å². The van der Waals surface area contributed by atoms with Gasteiger partial charge in [-0.05, 0) is 27.7 Å². The van der Waals surface area contributed by atoms with Crippen molar-refractivity contribution >= 4 is 23.2 Å². The summed E-state index contributed by atoms with van der Waals surface area (Å²) in [5.74, 6) is 0. The Bertz CT molecular complexity index is 297. The lowest BCUT2D eigenvalue weighted by Crippen LogP contribution is -2.24. The van der Waals surface area contributed by atoms with E-state index in [2.05, 4.69) is 25.9 Å². The van der Waals surface area contributed by atoms with Crippen molar-refractivity contribution in [3.63, 3.8) is 0 Å². The van der Waals surface area contributed by atoms with E-state index in [9.17, 15) is 0 Å². The average molecular weight is 207 g/mol. The molecule has 2 nitrogen and oxygen atoms in total. The minimum Gasteiger partial charge on any atom is -0.262 e. The fourth-order valence-electron chi connectivity index (χ4n) is 1.10. The van der Waals surface area contributed by atoms with Gasteiger partial charge in [-0.2, -0.15) is 5.10 Å². The first kappa shape index (κ1) is 9.87. The molecule has 1 rings (SSSR count). The molecule has 4 heteroatoms. The van der Waals surface area contributed by atoms with Gasteiger partial charge in [0.25, 0.3) is 0 Å². The molecule has 0 N–H and O–H groups in total. The first-order chi connectivity index (χ1) is 5.34. The van der Waals surface area contributed by atoms with E-state index in [1.165, 1.54) is 0 Å². The highest BCUT2D eigenvalue weighted by Crippen LogP contribution is 2.28. The van der Waals surface area contributed by atoms with Crippen molar-refractivity contribution in [2.45, 2.75) is 33.2 Å². The van der Waals surface area contributed by atoms with Gasteiger partial charge in [0.2, 0.25) is 0 Å². The van der Waals surface area contributed by atoms with Crippen LogP contribution in [0.1, 0.15) is 26.5 Å². The van der Waals surface area contributed by atoms with Gasteiger partial charge in [0, 0.05) is 0 Å². The first-order valence-electron chi connectivity index (χ1n) is 3.75. The van der Waals surface area contributed by atoms with Gasteiger partial charge >= 0.3 is 0 Å². The average Bonchev–Trinajstić information content (AvgIpc) is 2.15. The van der Waals surface area contributed by atoms with Gasteiger partial charge in [0.15, 0.2) is 5.15 Å². The zero-order valence-corrected chi connectivity index (χ0v) is 9.16. The largest absolute Gasteiger partial charge is 0.262 e. The fourth-order valence-corrected chi connectivity index (χ4v) is 1.43. The molecule has 1 heterocycles. The summed E-state index contributed by atoms with van der Waals surface area (Å²) < 4.78 is 1.83. The van der Waals surface area contributed by atoms with Crippen molar-refractivity contribution in [1.82, 2.24) is 9.78 Å². The van der Waals surface area contributed by atoms with Crippen molar-refractivity contribution in [2.24, 2.45) is 0 Å². The number of rotatable bonds is 0. The Balaban J connectivity index is 3.28. The maximum absolute atomic E-state index is 5.89. The molecular formula is C8H12Cl2N2. The van der Waals surface area contributed by atoms with Gasteiger partial charge in [-0.1, -0.05) is 23.2 Å². The van der Waals surface area contributed by atoms with Crippen molar-refractivity contribution in [3.8, 4) is 0 Å². The zero-order valence-electron chi connectivity index (χ0n) is 7.65. The molecule has 1 aromatic rings. The molecule has 0 amide bonds. The molecule has 0 radical (unpaired) electrons. The molecule has 0 saturated heterocycles. The predicted octanol–water partition coefficient (Wildman–Crippen LogP) is 3.25. The third-order valence-electron chi connectivity index (χ3n) is 1.64. The summed E-state index contributed by atoms with van der Waals surface area (Å²) in [6.45, 7) is 8.07. The van der Waals surface area contributed by atoms with Crippen LogP contribution >= 0.6 is 23.2 Å². The molecule has 0 spiro atoms. The standard InChI is InChI=1S/C8H12Cl2N2/c1-5-6(9)7(10)11-12(5)8(2,3)4/h1-4H3. The second-order valence-electron chi connectivity index (χ2n) is 3.77. The van der Waals surface area contributed by atoms with Crippen molar-refractivity contribution in [2.75, 3.05) is 0 Å². The highest BCUT2D eigenvalue weighted by Gasteiger charge is 2.20. The Kier molecular flexibility index (Phi) is 2.41. The van der Waals surface area contributed by atoms with Gasteiger partial charge in [-0.25, -0.2) is 0 Å². The zero-order chi connectivity index (χ0) is 9.52. The summed E-state index contributed by atoms with van der Waals surface area (Å²) in [5, 5.41) is 5.06. The summed E-state index contributed by atoms with van der Waals surface area (Å²) in [6.07, 6.45) is 0. The number of halogens is 2. The van der Waals surface area contributed by atoms with E-state index in [-0.39, 0.29) is 5.54 Å². The molecule has 0 aliphatic rings. The van der Waals surface area contributed by atoms with Crippen LogP contribution in [-0.4, -0.2) is 9.78 Å². The normalized spacial score (nSPS) is 12.2. The fraction of sp³-hybridized carbons (Fsp3) is 0.625. The number of hydrogen-bond donors (Lipinski definition) is 0. The second kappa shape index (κ2) is 2.93. The maximum Gasteiger partial charge on any atom is 0.169 e. The number of aromatic nitrogens is 2. The molecule has 68 valence electrons. The lowest BCUT2D eigenvalue weighted by molar-refractivity contribution is 0.348. The third-order valence-corrected chi connectivity index (χ3v) is 2.45. The Morgan fingerprint density at radius 3 is 1.92 bits per heavy atom. The molecule has 12 heavy (non-hydrogen) atoms. The molecule has 0 bridgehead atoms. The summed E-state index contributed by atoms with van der Waals surface area (Å²) >= 11 is 11.7. The molecule has 0 aromatic carbocycles. The van der Waals surface area contributed by atoms with Gasteiger partial charge in [0.1, 0.15) is 5.02 Å². The Hall–Kier alpha value is -0.210. The smallest absolute Gasteiger partial charge is 0.169 e. The maximum atomic E-state index is 5.89. The number of hydrogen-bond acceptors (Lipinski definition) is 1. The first-order valence-corrected chi connectivity index (χ1v) is 4.50. The summed E-state index contributed by atoms with van der Waals surface area (Å²) in [4.78, 5) is 0. The monoisotopic (exact) mass is 206 g/mol. The molecule has 0 aliphatic carbocycles. The van der Waals surface area contributed by atoms with Crippen LogP contribution in [0.15, 0.2) is 0 Å². The second-order valence-corrected chi connectivity index (χ2v) is 4.51. The molecule has 0 saturated carbocycles. The lowest BCUT2D eigenvalue weighted by Gasteiger charge is -2.20. The van der Waals surface area contributed by atoms with E-state index in [1.54, 1.807) is 0 Å². The number of nitrogens with zero attached hydrogens (tertiary/aromatic N) is 2. The van der Waals surface area contributed by atoms with Crippen LogP contribution in [0, 0.1) is 6.92 Å². The summed E-state index contributed by atoms with van der Waals surface area (Å²) in [5.41, 5.74) is 0.843. The van der Waals surface area contributed by atoms with E-state index in [4.69, 9.17) is 23.2 Å². The summed E-state index contributed by atoms with van der Waals surface area (Å²) in [7, 11) is 0. The van der Waals surface area contributed by atoms with E-state index in [0.29, 0.717) is 10.2 Å². The lowest BCUT2D eigenvalue weighted by atomic mass is 10.1. The predicted molar refractivity (Wildman–Crippen MR) is 52.0 cm³/mol. The van der Waals surface area contributed by atoms with E-state index < -0.39 is 0 Å². The molecule has 0 aliphatic heterocycles. The minimum atomic E-state index is -0.0686. The Morgan fingerprint density at radius 2 is 1.75 bits per heavy atom. The molecular weight excluding hydrogens is 195 g/mol. The molecule has 0 unspecified atom stereocenters. The van der Waals surface area contributed by atoms with Crippen LogP contribution in [0.4, 0.5) is 0 Å². The molecule has 0 atom stereocenters. The van der Waals surface area contributed by atoms with Gasteiger partial charge < -0.3 is 0 Å². The van der Waals surface area contributed by atoms with E-state index >= 15 is 0 Å². The topological polar surface area (TPSA) is 17.8 Å². The van der Waals surface area contributed by atoms with E-state index in [1.807, 2.05) is 11.6 Å². The van der Waals surface area contributed by atoms with Gasteiger partial charge in [-0.15, -0.1) is 0 Å². The Morgan fingerprint density at radius 1 is 1.25 bits per heavy atom. The van der Waals surface area contributed by atoms with Gasteiger partial charge in [-0.3, -0.25) is 4.68 Å². The van der Waals surface area contributed by atoms with Crippen molar-refractivity contribution in [1.29, 1.82) is 0 Å². The van der Waals surface area contributed by atoms with Crippen LogP contribution in [0.25, 0.3) is 0 Å². The highest BCUT2D eigenvalue weighted by atomic mass is 35.5. The summed E-state index contributed by atoms with van der Waals surface area (Å²) in [6, 6.07) is 0. The van der Waals surface area contributed by atoms with Crippen LogP contribution in [-0.2, 0) is 5.54 Å². The Labute approximate surface area is 82.5 Å². The van der Waals surface area contributed by atoms with E-state index in [0.717, 1.165) is 5.69 Å². The van der Waals surface area contributed by atoms with Crippen LogP contribution in [0.5, 0.6) is 0 Å². The van der Waals surface area contributed by atoms with Crippen LogP contribution in [0.2, 0.25) is 10.2 Å². The SMILES string of the molecule is Cc1c(Cl)c(Cl)nn1C(C)(C)C. The molecule has 0 fully saturated rings. The minimum absolute atomic E-state index is 0.0686. The van der Waals surface area contributed by atoms with Gasteiger partial charge in [0.05, 0.1) is 11.2 Å². The van der Waals surface area contributed by atoms with Crippen molar-refractivity contribution in [3.05, 3.63) is 15.9 Å².